The monoisotopic (exact) mass is 393 g/mol. The second kappa shape index (κ2) is 14.2. The zero-order valence-electron chi connectivity index (χ0n) is 17.2. The fraction of sp³-hybridized carbons (Fsp3) is 0.375. The van der Waals surface area contributed by atoms with Crippen molar-refractivity contribution in [1.82, 2.24) is 4.90 Å². The van der Waals surface area contributed by atoms with Crippen LogP contribution >= 0.6 is 0 Å². The van der Waals surface area contributed by atoms with Crippen molar-refractivity contribution in [2.75, 3.05) is 39.8 Å². The van der Waals surface area contributed by atoms with E-state index in [2.05, 4.69) is 14.9 Å². The van der Waals surface area contributed by atoms with Crippen molar-refractivity contribution in [3.63, 3.8) is 0 Å². The molecule has 0 atom stereocenters. The van der Waals surface area contributed by atoms with E-state index in [9.17, 15) is 4.79 Å². The van der Waals surface area contributed by atoms with Crippen molar-refractivity contribution in [2.24, 2.45) is 9.98 Å². The van der Waals surface area contributed by atoms with Gasteiger partial charge in [0.2, 0.25) is 0 Å². The molecule has 0 saturated carbocycles. The van der Waals surface area contributed by atoms with Crippen molar-refractivity contribution in [1.29, 1.82) is 0 Å². The predicted octanol–water partition coefficient (Wildman–Crippen LogP) is 3.87. The Morgan fingerprint density at radius 1 is 0.828 bits per heavy atom. The highest BCUT2D eigenvalue weighted by molar-refractivity contribution is 5.79. The summed E-state index contributed by atoms with van der Waals surface area (Å²) in [5.74, 6) is -0.167. The number of hydrogen-bond donors (Lipinski definition) is 0. The summed E-state index contributed by atoms with van der Waals surface area (Å²) in [4.78, 5) is 22.8. The fourth-order valence-corrected chi connectivity index (χ4v) is 2.88. The van der Waals surface area contributed by atoms with E-state index in [1.54, 1.807) is 0 Å². The molecule has 0 aliphatic heterocycles. The van der Waals surface area contributed by atoms with E-state index in [0.29, 0.717) is 13.0 Å². The summed E-state index contributed by atoms with van der Waals surface area (Å²) in [6.07, 6.45) is 6.15. The number of aliphatic imine (C=N–C) groups is 2. The van der Waals surface area contributed by atoms with Gasteiger partial charge in [0, 0.05) is 32.1 Å². The molecule has 0 unspecified atom stereocenters. The summed E-state index contributed by atoms with van der Waals surface area (Å²) in [6.45, 7) is 4.07. The molecule has 0 heterocycles. The number of benzene rings is 2. The van der Waals surface area contributed by atoms with Gasteiger partial charge in [-0.05, 0) is 37.1 Å². The topological polar surface area (TPSA) is 54.3 Å². The van der Waals surface area contributed by atoms with Crippen LogP contribution in [0.25, 0.3) is 0 Å². The van der Waals surface area contributed by atoms with Gasteiger partial charge in [0.05, 0.1) is 13.5 Å². The Labute approximate surface area is 174 Å². The van der Waals surface area contributed by atoms with Crippen molar-refractivity contribution in [2.45, 2.75) is 19.3 Å². The molecule has 2 rings (SSSR count). The average molecular weight is 394 g/mol. The predicted molar refractivity (Wildman–Crippen MR) is 120 cm³/mol. The first-order valence-corrected chi connectivity index (χ1v) is 10.2. The van der Waals surface area contributed by atoms with Gasteiger partial charge < -0.3 is 9.64 Å². The number of carbonyl (C=O) groups excluding carboxylic acids is 1. The Balaban J connectivity index is 1.71. The van der Waals surface area contributed by atoms with Crippen molar-refractivity contribution >= 4 is 18.4 Å². The average Bonchev–Trinajstić information content (AvgIpc) is 2.77. The van der Waals surface area contributed by atoms with Gasteiger partial charge in [-0.2, -0.15) is 0 Å². The largest absolute Gasteiger partial charge is 0.469 e. The minimum absolute atomic E-state index is 0.167. The van der Waals surface area contributed by atoms with Gasteiger partial charge in [0.1, 0.15) is 0 Å². The molecule has 0 aromatic heterocycles. The Kier molecular flexibility index (Phi) is 11.0. The molecular formula is C24H31N3O2. The molecule has 0 radical (unpaired) electrons. The number of methoxy groups -OCH3 is 1. The summed E-state index contributed by atoms with van der Waals surface area (Å²) in [7, 11) is 1.43. The van der Waals surface area contributed by atoms with Gasteiger partial charge in [-0.1, -0.05) is 60.7 Å². The molecular weight excluding hydrogens is 362 g/mol. The van der Waals surface area contributed by atoms with Crippen LogP contribution < -0.4 is 0 Å². The Bertz CT molecular complexity index is 690. The van der Waals surface area contributed by atoms with Crippen LogP contribution in [0, 0.1) is 0 Å². The summed E-state index contributed by atoms with van der Waals surface area (Å²) >= 11 is 0. The molecule has 5 heteroatoms. The maximum absolute atomic E-state index is 11.5. The molecule has 0 amide bonds. The molecule has 0 bridgehead atoms. The highest BCUT2D eigenvalue weighted by atomic mass is 16.5. The zero-order chi connectivity index (χ0) is 20.6. The molecule has 2 aromatic carbocycles. The van der Waals surface area contributed by atoms with Gasteiger partial charge in [-0.3, -0.25) is 14.8 Å². The molecule has 0 aliphatic carbocycles. The lowest BCUT2D eigenvalue weighted by atomic mass is 10.2. The number of esters is 1. The first-order chi connectivity index (χ1) is 14.3. The molecule has 29 heavy (non-hydrogen) atoms. The second-order valence-electron chi connectivity index (χ2n) is 6.77. The van der Waals surface area contributed by atoms with Crippen LogP contribution in [0.3, 0.4) is 0 Å². The summed E-state index contributed by atoms with van der Waals surface area (Å²) in [5, 5.41) is 0. The number of carbonyl (C=O) groups is 1. The number of ether oxygens (including phenoxy) is 1. The Morgan fingerprint density at radius 2 is 1.31 bits per heavy atom. The van der Waals surface area contributed by atoms with Gasteiger partial charge in [-0.15, -0.1) is 0 Å². The number of hydrogen-bond acceptors (Lipinski definition) is 5. The van der Waals surface area contributed by atoms with Crippen LogP contribution in [-0.4, -0.2) is 63.1 Å². The molecule has 0 saturated heterocycles. The third-order valence-corrected chi connectivity index (χ3v) is 4.46. The van der Waals surface area contributed by atoms with Crippen LogP contribution in [0.1, 0.15) is 30.4 Å². The minimum atomic E-state index is -0.167. The third kappa shape index (κ3) is 10.4. The van der Waals surface area contributed by atoms with E-state index in [1.165, 1.54) is 7.11 Å². The van der Waals surface area contributed by atoms with Crippen LogP contribution in [0.4, 0.5) is 0 Å². The first-order valence-electron chi connectivity index (χ1n) is 10.2. The van der Waals surface area contributed by atoms with Gasteiger partial charge in [0.25, 0.3) is 0 Å². The highest BCUT2D eigenvalue weighted by Crippen LogP contribution is 2.00. The van der Waals surface area contributed by atoms with Gasteiger partial charge >= 0.3 is 5.97 Å². The smallest absolute Gasteiger partial charge is 0.306 e. The SMILES string of the molecule is COC(=O)CCN(CCCN=Cc1ccccc1)CCCN=Cc1ccccc1. The second-order valence-corrected chi connectivity index (χ2v) is 6.77. The Hall–Kier alpha value is -2.79. The standard InChI is InChI=1S/C24H31N3O2/c1-29-24(28)14-19-27(17-8-15-25-20-22-10-4-2-5-11-22)18-9-16-26-21-23-12-6-3-7-13-23/h2-7,10-13,20-21H,8-9,14-19H2,1H3. The van der Waals surface area contributed by atoms with E-state index >= 15 is 0 Å². The quantitative estimate of drug-likeness (QED) is 0.295. The number of nitrogens with zero attached hydrogens (tertiary/aromatic N) is 3. The van der Waals surface area contributed by atoms with Crippen LogP contribution in [0.2, 0.25) is 0 Å². The molecule has 0 fully saturated rings. The van der Waals surface area contributed by atoms with E-state index in [4.69, 9.17) is 4.74 Å². The van der Waals surface area contributed by atoms with Crippen molar-refractivity contribution in [3.05, 3.63) is 71.8 Å². The summed E-state index contributed by atoms with van der Waals surface area (Å²) in [6, 6.07) is 20.2. The van der Waals surface area contributed by atoms with Crippen molar-refractivity contribution in [3.8, 4) is 0 Å². The lowest BCUT2D eigenvalue weighted by molar-refractivity contribution is -0.141. The first kappa shape index (κ1) is 22.5. The van der Waals surface area contributed by atoms with Crippen LogP contribution in [0.5, 0.6) is 0 Å². The molecule has 2 aromatic rings. The summed E-state index contributed by atoms with van der Waals surface area (Å²) < 4.78 is 4.77. The molecule has 154 valence electrons. The molecule has 0 aliphatic rings. The van der Waals surface area contributed by atoms with E-state index in [0.717, 1.165) is 50.1 Å². The van der Waals surface area contributed by atoms with Crippen molar-refractivity contribution < 1.29 is 9.53 Å². The van der Waals surface area contributed by atoms with Gasteiger partial charge in [0.15, 0.2) is 0 Å². The summed E-state index contributed by atoms with van der Waals surface area (Å²) in [5.41, 5.74) is 2.23. The molecule has 0 N–H and O–H groups in total. The lowest BCUT2D eigenvalue weighted by Crippen LogP contribution is -2.29. The maximum atomic E-state index is 11.5. The van der Waals surface area contributed by atoms with E-state index in [-0.39, 0.29) is 5.97 Å². The normalized spacial score (nSPS) is 11.5. The van der Waals surface area contributed by atoms with Crippen LogP contribution in [0.15, 0.2) is 70.6 Å². The van der Waals surface area contributed by atoms with E-state index < -0.39 is 0 Å². The number of rotatable bonds is 13. The molecule has 5 nitrogen and oxygen atoms in total. The minimum Gasteiger partial charge on any atom is -0.469 e. The zero-order valence-corrected chi connectivity index (χ0v) is 17.2. The fourth-order valence-electron chi connectivity index (χ4n) is 2.88. The molecule has 0 spiro atoms. The third-order valence-electron chi connectivity index (χ3n) is 4.46. The van der Waals surface area contributed by atoms with Crippen LogP contribution in [-0.2, 0) is 9.53 Å². The maximum Gasteiger partial charge on any atom is 0.306 e. The van der Waals surface area contributed by atoms with E-state index in [1.807, 2.05) is 73.1 Å². The van der Waals surface area contributed by atoms with Gasteiger partial charge in [-0.25, -0.2) is 0 Å². The highest BCUT2D eigenvalue weighted by Gasteiger charge is 2.08. The Morgan fingerprint density at radius 3 is 1.76 bits per heavy atom. The lowest BCUT2D eigenvalue weighted by Gasteiger charge is -2.21.